The molecule has 1 saturated carbocycles. The van der Waals surface area contributed by atoms with Gasteiger partial charge in [0, 0.05) is 6.04 Å². The summed E-state index contributed by atoms with van der Waals surface area (Å²) >= 11 is 0. The topological polar surface area (TPSA) is 30.5 Å². The molecule has 1 N–H and O–H groups in total. The maximum atomic E-state index is 5.98. The third kappa shape index (κ3) is 4.84. The molecule has 1 aliphatic carbocycles. The highest BCUT2D eigenvalue weighted by molar-refractivity contribution is 5.20. The van der Waals surface area contributed by atoms with Crippen molar-refractivity contribution in [2.75, 3.05) is 19.8 Å². The zero-order chi connectivity index (χ0) is 13.3. The Labute approximate surface area is 116 Å². The average molecular weight is 263 g/mol. The second kappa shape index (κ2) is 8.18. The summed E-state index contributed by atoms with van der Waals surface area (Å²) in [5, 5.41) is 3.53. The predicted octanol–water partition coefficient (Wildman–Crippen LogP) is 3.00. The van der Waals surface area contributed by atoms with Crippen LogP contribution in [-0.2, 0) is 4.74 Å². The van der Waals surface area contributed by atoms with Crippen LogP contribution in [-0.4, -0.2) is 31.9 Å². The van der Waals surface area contributed by atoms with Gasteiger partial charge in [-0.15, -0.1) is 0 Å². The van der Waals surface area contributed by atoms with E-state index >= 15 is 0 Å². The Kier molecular flexibility index (Phi) is 6.18. The number of para-hydroxylation sites is 1. The lowest BCUT2D eigenvalue weighted by molar-refractivity contribution is -0.00692. The van der Waals surface area contributed by atoms with Crippen LogP contribution < -0.4 is 10.1 Å². The molecule has 0 aromatic heterocycles. The summed E-state index contributed by atoms with van der Waals surface area (Å²) in [4.78, 5) is 0. The molecule has 2 rings (SSSR count). The first-order valence-electron chi connectivity index (χ1n) is 7.43. The highest BCUT2D eigenvalue weighted by atomic mass is 16.5. The SMILES string of the molecule is CCNC1CCCCC1OCCOc1ccccc1. The van der Waals surface area contributed by atoms with Gasteiger partial charge >= 0.3 is 0 Å². The fourth-order valence-electron chi connectivity index (χ4n) is 2.67. The van der Waals surface area contributed by atoms with E-state index in [9.17, 15) is 0 Å². The molecule has 3 nitrogen and oxygen atoms in total. The van der Waals surface area contributed by atoms with E-state index in [2.05, 4.69) is 12.2 Å². The van der Waals surface area contributed by atoms with Crippen LogP contribution in [0.1, 0.15) is 32.6 Å². The minimum absolute atomic E-state index is 0.355. The van der Waals surface area contributed by atoms with Crippen LogP contribution in [0.5, 0.6) is 5.75 Å². The molecule has 2 atom stereocenters. The molecule has 1 aromatic carbocycles. The molecule has 0 spiro atoms. The molecular weight excluding hydrogens is 238 g/mol. The Morgan fingerprint density at radius 1 is 1.11 bits per heavy atom. The summed E-state index contributed by atoms with van der Waals surface area (Å²) in [5.74, 6) is 0.915. The Balaban J connectivity index is 1.66. The molecule has 0 heterocycles. The van der Waals surface area contributed by atoms with Crippen LogP contribution in [0.2, 0.25) is 0 Å². The van der Waals surface area contributed by atoms with E-state index in [1.807, 2.05) is 30.3 Å². The summed E-state index contributed by atoms with van der Waals surface area (Å²) in [5.41, 5.74) is 0. The third-order valence-corrected chi connectivity index (χ3v) is 3.60. The van der Waals surface area contributed by atoms with Gasteiger partial charge in [-0.3, -0.25) is 0 Å². The number of nitrogens with one attached hydrogen (secondary N) is 1. The summed E-state index contributed by atoms with van der Waals surface area (Å²) in [7, 11) is 0. The van der Waals surface area contributed by atoms with Crippen molar-refractivity contribution in [3.05, 3.63) is 30.3 Å². The molecule has 1 aromatic rings. The number of ether oxygens (including phenoxy) is 2. The molecule has 3 heteroatoms. The molecule has 0 radical (unpaired) electrons. The van der Waals surface area contributed by atoms with Gasteiger partial charge in [-0.25, -0.2) is 0 Å². The van der Waals surface area contributed by atoms with Crippen LogP contribution >= 0.6 is 0 Å². The molecule has 2 unspecified atom stereocenters. The Hall–Kier alpha value is -1.06. The first-order valence-corrected chi connectivity index (χ1v) is 7.43. The summed E-state index contributed by atoms with van der Waals surface area (Å²) in [6.07, 6.45) is 5.36. The maximum absolute atomic E-state index is 5.98. The van der Waals surface area contributed by atoms with Crippen molar-refractivity contribution in [1.29, 1.82) is 0 Å². The van der Waals surface area contributed by atoms with Crippen molar-refractivity contribution >= 4 is 0 Å². The van der Waals surface area contributed by atoms with E-state index in [-0.39, 0.29) is 0 Å². The van der Waals surface area contributed by atoms with Gasteiger partial charge in [-0.05, 0) is 31.5 Å². The van der Waals surface area contributed by atoms with Crippen molar-refractivity contribution in [3.8, 4) is 5.75 Å². The van der Waals surface area contributed by atoms with Crippen molar-refractivity contribution in [3.63, 3.8) is 0 Å². The van der Waals surface area contributed by atoms with Gasteiger partial charge in [0.25, 0.3) is 0 Å². The number of hydrogen-bond acceptors (Lipinski definition) is 3. The first-order chi connectivity index (χ1) is 9.40. The molecule has 19 heavy (non-hydrogen) atoms. The minimum Gasteiger partial charge on any atom is -0.491 e. The molecule has 0 aliphatic heterocycles. The Morgan fingerprint density at radius 2 is 1.89 bits per heavy atom. The molecule has 0 amide bonds. The highest BCUT2D eigenvalue weighted by Crippen LogP contribution is 2.21. The van der Waals surface area contributed by atoms with E-state index in [1.54, 1.807) is 0 Å². The molecule has 0 bridgehead atoms. The van der Waals surface area contributed by atoms with Crippen LogP contribution in [0, 0.1) is 0 Å². The fraction of sp³-hybridized carbons (Fsp3) is 0.625. The van der Waals surface area contributed by atoms with Gasteiger partial charge in [0.2, 0.25) is 0 Å². The number of benzene rings is 1. The highest BCUT2D eigenvalue weighted by Gasteiger charge is 2.24. The normalized spacial score (nSPS) is 23.2. The molecule has 106 valence electrons. The van der Waals surface area contributed by atoms with E-state index in [0.29, 0.717) is 25.4 Å². The largest absolute Gasteiger partial charge is 0.491 e. The van der Waals surface area contributed by atoms with Gasteiger partial charge in [-0.1, -0.05) is 38.0 Å². The van der Waals surface area contributed by atoms with Gasteiger partial charge in [-0.2, -0.15) is 0 Å². The lowest BCUT2D eigenvalue weighted by Gasteiger charge is -2.32. The third-order valence-electron chi connectivity index (χ3n) is 3.60. The molecular formula is C16H25NO2. The van der Waals surface area contributed by atoms with Gasteiger partial charge < -0.3 is 14.8 Å². The van der Waals surface area contributed by atoms with Gasteiger partial charge in [0.05, 0.1) is 12.7 Å². The molecule has 1 aliphatic rings. The lowest BCUT2D eigenvalue weighted by Crippen LogP contribution is -2.43. The molecule has 1 fully saturated rings. The van der Waals surface area contributed by atoms with E-state index in [4.69, 9.17) is 9.47 Å². The Morgan fingerprint density at radius 3 is 2.68 bits per heavy atom. The zero-order valence-electron chi connectivity index (χ0n) is 11.8. The van der Waals surface area contributed by atoms with Crippen molar-refractivity contribution < 1.29 is 9.47 Å². The second-order valence-electron chi connectivity index (χ2n) is 5.02. The predicted molar refractivity (Wildman–Crippen MR) is 77.6 cm³/mol. The van der Waals surface area contributed by atoms with Crippen molar-refractivity contribution in [2.24, 2.45) is 0 Å². The van der Waals surface area contributed by atoms with Crippen molar-refractivity contribution in [1.82, 2.24) is 5.32 Å². The summed E-state index contributed by atoms with van der Waals surface area (Å²) in [6, 6.07) is 10.4. The first kappa shape index (κ1) is 14.4. The van der Waals surface area contributed by atoms with Crippen LogP contribution in [0.15, 0.2) is 30.3 Å². The standard InChI is InChI=1S/C16H25NO2/c1-2-17-15-10-6-7-11-16(15)19-13-12-18-14-8-4-3-5-9-14/h3-5,8-9,15-17H,2,6-7,10-13H2,1H3. The number of rotatable bonds is 7. The van der Waals surface area contributed by atoms with E-state index < -0.39 is 0 Å². The maximum Gasteiger partial charge on any atom is 0.119 e. The average Bonchev–Trinajstić information content (AvgIpc) is 2.47. The lowest BCUT2D eigenvalue weighted by atomic mass is 9.92. The minimum atomic E-state index is 0.355. The quantitative estimate of drug-likeness (QED) is 0.767. The summed E-state index contributed by atoms with van der Waals surface area (Å²) in [6.45, 7) is 4.47. The number of hydrogen-bond donors (Lipinski definition) is 1. The van der Waals surface area contributed by atoms with E-state index in [1.165, 1.54) is 25.7 Å². The van der Waals surface area contributed by atoms with Crippen LogP contribution in [0.4, 0.5) is 0 Å². The van der Waals surface area contributed by atoms with Crippen LogP contribution in [0.3, 0.4) is 0 Å². The molecule has 0 saturated heterocycles. The smallest absolute Gasteiger partial charge is 0.119 e. The van der Waals surface area contributed by atoms with E-state index in [0.717, 1.165) is 12.3 Å². The summed E-state index contributed by atoms with van der Waals surface area (Å²) < 4.78 is 11.6. The number of likely N-dealkylation sites (N-methyl/N-ethyl adjacent to an activating group) is 1. The van der Waals surface area contributed by atoms with Crippen molar-refractivity contribution in [2.45, 2.75) is 44.8 Å². The Bertz CT molecular complexity index is 340. The van der Waals surface area contributed by atoms with Crippen LogP contribution in [0.25, 0.3) is 0 Å². The zero-order valence-corrected chi connectivity index (χ0v) is 11.8. The van der Waals surface area contributed by atoms with Gasteiger partial charge in [0.15, 0.2) is 0 Å². The monoisotopic (exact) mass is 263 g/mol. The van der Waals surface area contributed by atoms with Gasteiger partial charge in [0.1, 0.15) is 12.4 Å². The fourth-order valence-corrected chi connectivity index (χ4v) is 2.67. The second-order valence-corrected chi connectivity index (χ2v) is 5.02.